The summed E-state index contributed by atoms with van der Waals surface area (Å²) in [6.45, 7) is 1.76. The second-order valence-electron chi connectivity index (χ2n) is 6.09. The molecule has 7 heteroatoms. The number of aryl methyl sites for hydroxylation is 2. The summed E-state index contributed by atoms with van der Waals surface area (Å²) in [6, 6.07) is 12.4. The van der Waals surface area contributed by atoms with Gasteiger partial charge in [0.2, 0.25) is 10.0 Å². The Bertz CT molecular complexity index is 1130. The molecule has 2 aromatic carbocycles. The first-order valence-corrected chi connectivity index (χ1v) is 9.17. The van der Waals surface area contributed by atoms with Gasteiger partial charge in [0.1, 0.15) is 0 Å². The first-order chi connectivity index (χ1) is 11.7. The minimum Gasteiger partial charge on any atom is -0.267 e. The van der Waals surface area contributed by atoms with Crippen LogP contribution in [-0.4, -0.2) is 36.6 Å². The Hall–Kier alpha value is -2.51. The molecule has 3 aromatic rings. The molecule has 1 aromatic heterocycles. The monoisotopic (exact) mass is 357 g/mol. The number of sulfonamides is 1. The summed E-state index contributed by atoms with van der Waals surface area (Å²) in [5.41, 5.74) is 1.70. The third-order valence-corrected chi connectivity index (χ3v) is 6.13. The molecule has 25 heavy (non-hydrogen) atoms. The number of hydrogen-bond donors (Lipinski definition) is 0. The molecule has 3 rings (SSSR count). The van der Waals surface area contributed by atoms with E-state index in [1.807, 2.05) is 18.2 Å². The lowest BCUT2D eigenvalue weighted by Gasteiger charge is -2.15. The van der Waals surface area contributed by atoms with Gasteiger partial charge < -0.3 is 0 Å². The molecular weight excluding hydrogens is 338 g/mol. The van der Waals surface area contributed by atoms with Crippen molar-refractivity contribution in [3.05, 3.63) is 58.4 Å². The van der Waals surface area contributed by atoms with Gasteiger partial charge in [-0.3, -0.25) is 4.79 Å². The summed E-state index contributed by atoms with van der Waals surface area (Å²) >= 11 is 0. The summed E-state index contributed by atoms with van der Waals surface area (Å²) < 4.78 is 27.6. The molecule has 0 amide bonds. The molecule has 0 aliphatic carbocycles. The third kappa shape index (κ3) is 2.85. The Labute approximate surface area is 146 Å². The lowest BCUT2D eigenvalue weighted by atomic mass is 10.0. The van der Waals surface area contributed by atoms with Crippen molar-refractivity contribution in [2.45, 2.75) is 11.8 Å². The summed E-state index contributed by atoms with van der Waals surface area (Å²) in [5, 5.41) is 5.61. The van der Waals surface area contributed by atoms with Crippen LogP contribution in [0.5, 0.6) is 0 Å². The van der Waals surface area contributed by atoms with Crippen molar-refractivity contribution in [1.29, 1.82) is 0 Å². The van der Waals surface area contributed by atoms with Gasteiger partial charge in [-0.25, -0.2) is 17.4 Å². The highest BCUT2D eigenvalue weighted by Crippen LogP contribution is 2.29. The fraction of sp³-hybridized carbons (Fsp3) is 0.222. The second kappa shape index (κ2) is 6.09. The molecule has 0 aliphatic rings. The van der Waals surface area contributed by atoms with Gasteiger partial charge in [0.25, 0.3) is 5.56 Å². The van der Waals surface area contributed by atoms with E-state index in [0.29, 0.717) is 27.6 Å². The summed E-state index contributed by atoms with van der Waals surface area (Å²) in [5.74, 6) is 0. The Morgan fingerprint density at radius 1 is 1.04 bits per heavy atom. The van der Waals surface area contributed by atoms with Gasteiger partial charge in [-0.15, -0.1) is 0 Å². The van der Waals surface area contributed by atoms with Gasteiger partial charge in [-0.05, 0) is 24.6 Å². The van der Waals surface area contributed by atoms with Crippen LogP contribution in [-0.2, 0) is 17.1 Å². The van der Waals surface area contributed by atoms with E-state index < -0.39 is 10.0 Å². The maximum atomic E-state index is 12.6. The molecule has 0 N–H and O–H groups in total. The Morgan fingerprint density at radius 3 is 2.32 bits per heavy atom. The van der Waals surface area contributed by atoms with Crippen LogP contribution in [0.2, 0.25) is 0 Å². The molecule has 0 unspecified atom stereocenters. The quantitative estimate of drug-likeness (QED) is 0.720. The highest BCUT2D eigenvalue weighted by molar-refractivity contribution is 7.89. The maximum absolute atomic E-state index is 12.6. The number of fused-ring (bicyclic) bond motifs is 1. The molecule has 0 spiro atoms. The van der Waals surface area contributed by atoms with Crippen LogP contribution in [0.25, 0.3) is 22.0 Å². The van der Waals surface area contributed by atoms with Crippen molar-refractivity contribution in [2.24, 2.45) is 7.05 Å². The van der Waals surface area contributed by atoms with Crippen LogP contribution in [0.4, 0.5) is 0 Å². The lowest BCUT2D eigenvalue weighted by Crippen LogP contribution is -2.23. The van der Waals surface area contributed by atoms with Gasteiger partial charge >= 0.3 is 0 Å². The van der Waals surface area contributed by atoms with Crippen molar-refractivity contribution in [3.63, 3.8) is 0 Å². The standard InChI is InChI=1S/C18H19N3O3S/c1-12-9-10-13(11-16(12)25(23,24)20(2)3)17-14-7-5-6-8-15(14)18(22)21(4)19-17/h5-11H,1-4H3. The van der Waals surface area contributed by atoms with Crippen LogP contribution < -0.4 is 5.56 Å². The zero-order valence-electron chi connectivity index (χ0n) is 14.5. The molecule has 1 heterocycles. The largest absolute Gasteiger partial charge is 0.274 e. The molecule has 0 aliphatic heterocycles. The van der Waals surface area contributed by atoms with Gasteiger partial charge in [0.15, 0.2) is 0 Å². The minimum absolute atomic E-state index is 0.187. The zero-order chi connectivity index (χ0) is 18.4. The molecule has 0 atom stereocenters. The molecule has 130 valence electrons. The Morgan fingerprint density at radius 2 is 1.68 bits per heavy atom. The molecule has 0 radical (unpaired) electrons. The normalized spacial score (nSPS) is 12.0. The summed E-state index contributed by atoms with van der Waals surface area (Å²) in [7, 11) is 1.02. The van der Waals surface area contributed by atoms with Crippen LogP contribution >= 0.6 is 0 Å². The predicted octanol–water partition coefficient (Wildman–Crippen LogP) is 2.16. The van der Waals surface area contributed by atoms with Crippen LogP contribution in [0.15, 0.2) is 52.2 Å². The summed E-state index contributed by atoms with van der Waals surface area (Å²) in [6.07, 6.45) is 0. The number of hydrogen-bond acceptors (Lipinski definition) is 4. The van der Waals surface area contributed by atoms with Crippen molar-refractivity contribution in [2.75, 3.05) is 14.1 Å². The van der Waals surface area contributed by atoms with Crippen molar-refractivity contribution >= 4 is 20.8 Å². The molecule has 0 bridgehead atoms. The minimum atomic E-state index is -3.57. The zero-order valence-corrected chi connectivity index (χ0v) is 15.3. The van der Waals surface area contributed by atoms with Gasteiger partial charge in [-0.2, -0.15) is 5.10 Å². The van der Waals surface area contributed by atoms with Crippen LogP contribution in [0.3, 0.4) is 0 Å². The Kier molecular flexibility index (Phi) is 4.22. The smallest absolute Gasteiger partial charge is 0.267 e. The second-order valence-corrected chi connectivity index (χ2v) is 8.21. The number of nitrogens with zero attached hydrogens (tertiary/aromatic N) is 3. The van der Waals surface area contributed by atoms with E-state index in [4.69, 9.17) is 0 Å². The average molecular weight is 357 g/mol. The van der Waals surface area contributed by atoms with E-state index in [1.165, 1.54) is 23.1 Å². The van der Waals surface area contributed by atoms with Gasteiger partial charge in [0.05, 0.1) is 16.0 Å². The summed E-state index contributed by atoms with van der Waals surface area (Å²) in [4.78, 5) is 12.5. The van der Waals surface area contributed by atoms with Crippen molar-refractivity contribution < 1.29 is 8.42 Å². The topological polar surface area (TPSA) is 72.3 Å². The molecule has 0 saturated carbocycles. The highest BCUT2D eigenvalue weighted by Gasteiger charge is 2.21. The fourth-order valence-electron chi connectivity index (χ4n) is 2.73. The van der Waals surface area contributed by atoms with E-state index in [1.54, 1.807) is 38.2 Å². The fourth-order valence-corrected chi connectivity index (χ4v) is 3.88. The SMILES string of the molecule is Cc1ccc(-c2nn(C)c(=O)c3ccccc23)cc1S(=O)(=O)N(C)C. The number of benzene rings is 2. The molecule has 0 saturated heterocycles. The van der Waals surface area contributed by atoms with E-state index in [2.05, 4.69) is 5.10 Å². The maximum Gasteiger partial charge on any atom is 0.274 e. The van der Waals surface area contributed by atoms with Crippen LogP contribution in [0, 0.1) is 6.92 Å². The van der Waals surface area contributed by atoms with Crippen molar-refractivity contribution in [3.8, 4) is 11.3 Å². The first-order valence-electron chi connectivity index (χ1n) is 7.73. The average Bonchev–Trinajstić information content (AvgIpc) is 2.58. The van der Waals surface area contributed by atoms with Gasteiger partial charge in [0, 0.05) is 32.1 Å². The number of rotatable bonds is 3. The predicted molar refractivity (Wildman–Crippen MR) is 98.0 cm³/mol. The van der Waals surface area contributed by atoms with E-state index in [9.17, 15) is 13.2 Å². The van der Waals surface area contributed by atoms with Crippen LogP contribution in [0.1, 0.15) is 5.56 Å². The molecule has 0 fully saturated rings. The first kappa shape index (κ1) is 17.3. The van der Waals surface area contributed by atoms with E-state index in [0.717, 1.165) is 0 Å². The van der Waals surface area contributed by atoms with Gasteiger partial charge in [-0.1, -0.05) is 30.3 Å². The van der Waals surface area contributed by atoms with E-state index >= 15 is 0 Å². The molecular formula is C18H19N3O3S. The number of aromatic nitrogens is 2. The Balaban J connectivity index is 2.35. The van der Waals surface area contributed by atoms with E-state index in [-0.39, 0.29) is 10.5 Å². The third-order valence-electron chi connectivity index (χ3n) is 4.18. The lowest BCUT2D eigenvalue weighted by molar-refractivity contribution is 0.520. The molecule has 6 nitrogen and oxygen atoms in total. The van der Waals surface area contributed by atoms with Crippen molar-refractivity contribution in [1.82, 2.24) is 14.1 Å². The highest BCUT2D eigenvalue weighted by atomic mass is 32.2.